The Labute approximate surface area is 119 Å². The monoisotopic (exact) mass is 281 g/mol. The van der Waals surface area contributed by atoms with Crippen molar-refractivity contribution in [3.05, 3.63) is 11.9 Å². The van der Waals surface area contributed by atoms with E-state index >= 15 is 0 Å². The van der Waals surface area contributed by atoms with Crippen molar-refractivity contribution in [3.8, 4) is 11.8 Å². The molecule has 0 radical (unpaired) electrons. The molecule has 0 bridgehead atoms. The van der Waals surface area contributed by atoms with Gasteiger partial charge in [0.05, 0.1) is 33.1 Å². The predicted molar refractivity (Wildman–Crippen MR) is 75.1 cm³/mol. The smallest absolute Gasteiger partial charge is 0.240 e. The zero-order valence-electron chi connectivity index (χ0n) is 12.4. The Morgan fingerprint density at radius 3 is 2.90 bits per heavy atom. The normalized spacial score (nSPS) is 20.4. The lowest BCUT2D eigenvalue weighted by molar-refractivity contribution is 0.0381. The SMILES string of the molecule is CCNC(c1ncc(OC)nc1OC)C1CCCOC1. The number of hydrogen-bond donors (Lipinski definition) is 1. The van der Waals surface area contributed by atoms with Crippen LogP contribution in [-0.2, 0) is 4.74 Å². The van der Waals surface area contributed by atoms with Gasteiger partial charge in [0.1, 0.15) is 5.69 Å². The van der Waals surface area contributed by atoms with E-state index in [0.29, 0.717) is 17.7 Å². The van der Waals surface area contributed by atoms with Gasteiger partial charge in [-0.1, -0.05) is 6.92 Å². The molecule has 1 aliphatic rings. The van der Waals surface area contributed by atoms with Gasteiger partial charge in [-0.05, 0) is 19.4 Å². The first-order valence-corrected chi connectivity index (χ1v) is 7.06. The molecule has 1 saturated heterocycles. The molecule has 1 aromatic rings. The summed E-state index contributed by atoms with van der Waals surface area (Å²) in [6.45, 7) is 4.54. The molecule has 1 aliphatic heterocycles. The van der Waals surface area contributed by atoms with Gasteiger partial charge in [0.25, 0.3) is 0 Å². The summed E-state index contributed by atoms with van der Waals surface area (Å²) in [6, 6.07) is 0.0913. The number of methoxy groups -OCH3 is 2. The summed E-state index contributed by atoms with van der Waals surface area (Å²) in [5, 5.41) is 3.48. The van der Waals surface area contributed by atoms with Crippen LogP contribution >= 0.6 is 0 Å². The van der Waals surface area contributed by atoms with Crippen LogP contribution < -0.4 is 14.8 Å². The Hall–Kier alpha value is -1.40. The molecule has 1 N–H and O–H groups in total. The summed E-state index contributed by atoms with van der Waals surface area (Å²) >= 11 is 0. The van der Waals surface area contributed by atoms with Crippen molar-refractivity contribution < 1.29 is 14.2 Å². The number of rotatable bonds is 6. The third-order valence-electron chi connectivity index (χ3n) is 3.53. The average Bonchev–Trinajstić information content (AvgIpc) is 2.53. The zero-order valence-corrected chi connectivity index (χ0v) is 12.4. The van der Waals surface area contributed by atoms with Crippen LogP contribution in [-0.4, -0.2) is 43.9 Å². The minimum Gasteiger partial charge on any atom is -0.480 e. The van der Waals surface area contributed by atoms with Crippen molar-refractivity contribution in [3.63, 3.8) is 0 Å². The summed E-state index contributed by atoms with van der Waals surface area (Å²) in [4.78, 5) is 8.80. The Balaban J connectivity index is 2.27. The van der Waals surface area contributed by atoms with E-state index in [2.05, 4.69) is 22.2 Å². The van der Waals surface area contributed by atoms with Crippen molar-refractivity contribution in [2.24, 2.45) is 5.92 Å². The van der Waals surface area contributed by atoms with Crippen LogP contribution in [0, 0.1) is 5.92 Å². The van der Waals surface area contributed by atoms with Crippen LogP contribution in [0.1, 0.15) is 31.5 Å². The van der Waals surface area contributed by atoms with Gasteiger partial charge in [-0.3, -0.25) is 0 Å². The molecule has 112 valence electrons. The highest BCUT2D eigenvalue weighted by molar-refractivity contribution is 5.26. The maximum atomic E-state index is 5.60. The first-order valence-electron chi connectivity index (χ1n) is 7.06. The van der Waals surface area contributed by atoms with Gasteiger partial charge in [-0.25, -0.2) is 4.98 Å². The van der Waals surface area contributed by atoms with Crippen molar-refractivity contribution in [2.45, 2.75) is 25.8 Å². The lowest BCUT2D eigenvalue weighted by Crippen LogP contribution is -2.34. The Kier molecular flexibility index (Phi) is 5.55. The molecule has 0 spiro atoms. The van der Waals surface area contributed by atoms with Gasteiger partial charge in [-0.2, -0.15) is 4.98 Å². The van der Waals surface area contributed by atoms with E-state index in [0.717, 1.165) is 38.3 Å². The second-order valence-electron chi connectivity index (χ2n) is 4.82. The highest BCUT2D eigenvalue weighted by Gasteiger charge is 2.29. The Bertz CT molecular complexity index is 422. The fourth-order valence-electron chi connectivity index (χ4n) is 2.56. The molecule has 0 amide bonds. The third kappa shape index (κ3) is 3.37. The van der Waals surface area contributed by atoms with Crippen LogP contribution in [0.3, 0.4) is 0 Å². The molecule has 2 atom stereocenters. The molecule has 1 aromatic heterocycles. The highest BCUT2D eigenvalue weighted by Crippen LogP contribution is 2.32. The Morgan fingerprint density at radius 1 is 1.45 bits per heavy atom. The molecule has 2 unspecified atom stereocenters. The zero-order chi connectivity index (χ0) is 14.4. The molecule has 1 fully saturated rings. The summed E-state index contributed by atoms with van der Waals surface area (Å²) in [5.41, 5.74) is 0.825. The molecule has 0 aromatic carbocycles. The standard InChI is InChI=1S/C14H23N3O3/c1-4-15-12(10-6-5-7-20-9-10)13-14(19-3)17-11(18-2)8-16-13/h8,10,12,15H,4-7,9H2,1-3H3. The molecule has 2 rings (SSSR count). The number of ether oxygens (including phenoxy) is 3. The van der Waals surface area contributed by atoms with Crippen LogP contribution in [0.15, 0.2) is 6.20 Å². The fraction of sp³-hybridized carbons (Fsp3) is 0.714. The van der Waals surface area contributed by atoms with Gasteiger partial charge in [0, 0.05) is 12.5 Å². The second kappa shape index (κ2) is 7.40. The van der Waals surface area contributed by atoms with Crippen LogP contribution in [0.25, 0.3) is 0 Å². The molecule has 0 saturated carbocycles. The summed E-state index contributed by atoms with van der Waals surface area (Å²) in [6.07, 6.45) is 3.83. The largest absolute Gasteiger partial charge is 0.480 e. The molecule has 0 aliphatic carbocycles. The van der Waals surface area contributed by atoms with Gasteiger partial charge >= 0.3 is 0 Å². The van der Waals surface area contributed by atoms with Gasteiger partial charge in [0.2, 0.25) is 11.8 Å². The molecular formula is C14H23N3O3. The Morgan fingerprint density at radius 2 is 2.30 bits per heavy atom. The van der Waals surface area contributed by atoms with Crippen LogP contribution in [0.2, 0.25) is 0 Å². The second-order valence-corrected chi connectivity index (χ2v) is 4.82. The predicted octanol–water partition coefficient (Wildman–Crippen LogP) is 1.57. The number of hydrogen-bond acceptors (Lipinski definition) is 6. The quantitative estimate of drug-likeness (QED) is 0.854. The fourth-order valence-corrected chi connectivity index (χ4v) is 2.56. The van der Waals surface area contributed by atoms with Crippen molar-refractivity contribution in [2.75, 3.05) is 34.0 Å². The van der Waals surface area contributed by atoms with Gasteiger partial charge in [-0.15, -0.1) is 0 Å². The maximum Gasteiger partial charge on any atom is 0.240 e. The van der Waals surface area contributed by atoms with E-state index in [-0.39, 0.29) is 6.04 Å². The van der Waals surface area contributed by atoms with E-state index in [1.54, 1.807) is 20.4 Å². The first kappa shape index (κ1) is 15.0. The molecule has 2 heterocycles. The van der Waals surface area contributed by atoms with Crippen molar-refractivity contribution >= 4 is 0 Å². The van der Waals surface area contributed by atoms with Crippen LogP contribution in [0.5, 0.6) is 11.8 Å². The number of nitrogens with one attached hydrogen (secondary N) is 1. The van der Waals surface area contributed by atoms with Crippen molar-refractivity contribution in [1.82, 2.24) is 15.3 Å². The summed E-state index contributed by atoms with van der Waals surface area (Å²) in [7, 11) is 3.17. The summed E-state index contributed by atoms with van der Waals surface area (Å²) < 4.78 is 16.1. The van der Waals surface area contributed by atoms with Crippen molar-refractivity contribution in [1.29, 1.82) is 0 Å². The van der Waals surface area contributed by atoms with E-state index in [1.165, 1.54) is 0 Å². The lowest BCUT2D eigenvalue weighted by atomic mass is 9.91. The number of aromatic nitrogens is 2. The molecule has 20 heavy (non-hydrogen) atoms. The molecular weight excluding hydrogens is 258 g/mol. The maximum absolute atomic E-state index is 5.60. The summed E-state index contributed by atoms with van der Waals surface area (Å²) in [5.74, 6) is 1.36. The molecule has 6 nitrogen and oxygen atoms in total. The van der Waals surface area contributed by atoms with Gasteiger partial charge in [0.15, 0.2) is 0 Å². The average molecular weight is 281 g/mol. The molecule has 6 heteroatoms. The lowest BCUT2D eigenvalue weighted by Gasteiger charge is -2.30. The first-order chi connectivity index (χ1) is 9.80. The van der Waals surface area contributed by atoms with E-state index in [9.17, 15) is 0 Å². The minimum absolute atomic E-state index is 0.0913. The minimum atomic E-state index is 0.0913. The number of nitrogens with zero attached hydrogens (tertiary/aromatic N) is 2. The van der Waals surface area contributed by atoms with E-state index in [1.807, 2.05) is 0 Å². The van der Waals surface area contributed by atoms with E-state index in [4.69, 9.17) is 14.2 Å². The topological polar surface area (TPSA) is 65.5 Å². The van der Waals surface area contributed by atoms with E-state index < -0.39 is 0 Å². The van der Waals surface area contributed by atoms with Crippen LogP contribution in [0.4, 0.5) is 0 Å². The highest BCUT2D eigenvalue weighted by atomic mass is 16.5. The third-order valence-corrected chi connectivity index (χ3v) is 3.53. The van der Waals surface area contributed by atoms with Gasteiger partial charge < -0.3 is 19.5 Å².